The van der Waals surface area contributed by atoms with E-state index in [2.05, 4.69) is 29.5 Å². The topological polar surface area (TPSA) is 71.1 Å². The minimum atomic E-state index is -0.678. The van der Waals surface area contributed by atoms with E-state index in [0.717, 1.165) is 22.9 Å². The SMILES string of the molecule is CC(C)CC(NC(=O)C(=O)Nc1ccc2ncccc2c1)c1ccccc1. The highest BCUT2D eigenvalue weighted by Gasteiger charge is 2.21. The summed E-state index contributed by atoms with van der Waals surface area (Å²) in [5, 5.41) is 6.42. The summed E-state index contributed by atoms with van der Waals surface area (Å²) in [5.74, 6) is -0.940. The Morgan fingerprint density at radius 2 is 1.74 bits per heavy atom. The molecular weight excluding hydrogens is 338 g/mol. The first-order valence-electron chi connectivity index (χ1n) is 9.04. The van der Waals surface area contributed by atoms with Gasteiger partial charge in [0.2, 0.25) is 0 Å². The number of amides is 2. The normalized spacial score (nSPS) is 12.0. The summed E-state index contributed by atoms with van der Waals surface area (Å²) in [6.45, 7) is 4.18. The molecule has 27 heavy (non-hydrogen) atoms. The second-order valence-corrected chi connectivity index (χ2v) is 6.93. The highest BCUT2D eigenvalue weighted by molar-refractivity contribution is 6.39. The number of fused-ring (bicyclic) bond motifs is 1. The Hall–Kier alpha value is -3.21. The molecule has 0 radical (unpaired) electrons. The molecule has 0 saturated heterocycles. The van der Waals surface area contributed by atoms with Crippen LogP contribution in [0.3, 0.4) is 0 Å². The Balaban J connectivity index is 1.70. The van der Waals surface area contributed by atoms with E-state index in [1.54, 1.807) is 18.3 Å². The van der Waals surface area contributed by atoms with Crippen molar-refractivity contribution in [1.82, 2.24) is 10.3 Å². The molecule has 0 saturated carbocycles. The van der Waals surface area contributed by atoms with Gasteiger partial charge in [-0.05, 0) is 42.2 Å². The van der Waals surface area contributed by atoms with Crippen LogP contribution in [0.4, 0.5) is 5.69 Å². The van der Waals surface area contributed by atoms with Crippen LogP contribution in [0.5, 0.6) is 0 Å². The average molecular weight is 361 g/mol. The van der Waals surface area contributed by atoms with E-state index in [1.165, 1.54) is 0 Å². The van der Waals surface area contributed by atoms with E-state index >= 15 is 0 Å². The summed E-state index contributed by atoms with van der Waals surface area (Å²) in [6.07, 6.45) is 2.47. The van der Waals surface area contributed by atoms with Crippen molar-refractivity contribution in [2.75, 3.05) is 5.32 Å². The summed E-state index contributed by atoms with van der Waals surface area (Å²) < 4.78 is 0. The number of hydrogen-bond acceptors (Lipinski definition) is 3. The first-order chi connectivity index (χ1) is 13.0. The van der Waals surface area contributed by atoms with Gasteiger partial charge in [-0.3, -0.25) is 14.6 Å². The third-order valence-corrected chi connectivity index (χ3v) is 4.28. The quantitative estimate of drug-likeness (QED) is 0.673. The number of rotatable bonds is 5. The van der Waals surface area contributed by atoms with Crippen LogP contribution in [0.2, 0.25) is 0 Å². The van der Waals surface area contributed by atoms with Crippen LogP contribution in [0.15, 0.2) is 66.9 Å². The Bertz CT molecular complexity index is 938. The lowest BCUT2D eigenvalue weighted by Gasteiger charge is -2.21. The number of nitrogens with zero attached hydrogens (tertiary/aromatic N) is 1. The minimum Gasteiger partial charge on any atom is -0.341 e. The van der Waals surface area contributed by atoms with Gasteiger partial charge < -0.3 is 10.6 Å². The van der Waals surface area contributed by atoms with E-state index in [4.69, 9.17) is 0 Å². The van der Waals surface area contributed by atoms with Crippen molar-refractivity contribution in [3.8, 4) is 0 Å². The van der Waals surface area contributed by atoms with Crippen molar-refractivity contribution in [2.45, 2.75) is 26.3 Å². The Labute approximate surface area is 158 Å². The maximum absolute atomic E-state index is 12.4. The number of carbonyl (C=O) groups excluding carboxylic acids is 2. The fourth-order valence-corrected chi connectivity index (χ4v) is 3.00. The van der Waals surface area contributed by atoms with Gasteiger partial charge >= 0.3 is 11.8 Å². The number of carbonyl (C=O) groups is 2. The molecule has 0 bridgehead atoms. The van der Waals surface area contributed by atoms with Gasteiger partial charge in [0.05, 0.1) is 11.6 Å². The second kappa shape index (κ2) is 8.45. The number of pyridine rings is 1. The lowest BCUT2D eigenvalue weighted by molar-refractivity contribution is -0.136. The van der Waals surface area contributed by atoms with Crippen LogP contribution in [-0.4, -0.2) is 16.8 Å². The zero-order valence-corrected chi connectivity index (χ0v) is 15.5. The van der Waals surface area contributed by atoms with Crippen LogP contribution < -0.4 is 10.6 Å². The molecule has 2 amide bonds. The molecule has 3 aromatic rings. The number of anilines is 1. The van der Waals surface area contributed by atoms with Crippen molar-refractivity contribution in [3.05, 3.63) is 72.4 Å². The number of hydrogen-bond donors (Lipinski definition) is 2. The van der Waals surface area contributed by atoms with Gasteiger partial charge in [-0.2, -0.15) is 0 Å². The zero-order valence-electron chi connectivity index (χ0n) is 15.5. The summed E-state index contributed by atoms with van der Waals surface area (Å²) in [7, 11) is 0. The van der Waals surface area contributed by atoms with Gasteiger partial charge in [-0.15, -0.1) is 0 Å². The van der Waals surface area contributed by atoms with Crippen molar-refractivity contribution >= 4 is 28.4 Å². The fraction of sp³-hybridized carbons (Fsp3) is 0.227. The molecule has 0 aliphatic rings. The molecule has 0 aliphatic carbocycles. The summed E-state index contributed by atoms with van der Waals surface area (Å²) in [6, 6.07) is 18.6. The minimum absolute atomic E-state index is 0.203. The molecule has 138 valence electrons. The molecule has 0 spiro atoms. The predicted octanol–water partition coefficient (Wildman–Crippen LogP) is 4.08. The first-order valence-corrected chi connectivity index (χ1v) is 9.04. The lowest BCUT2D eigenvalue weighted by Crippen LogP contribution is -2.38. The van der Waals surface area contributed by atoms with Crippen molar-refractivity contribution in [2.24, 2.45) is 5.92 Å². The van der Waals surface area contributed by atoms with Crippen LogP contribution in [-0.2, 0) is 9.59 Å². The molecule has 5 heteroatoms. The van der Waals surface area contributed by atoms with E-state index in [9.17, 15) is 9.59 Å². The lowest BCUT2D eigenvalue weighted by atomic mass is 9.97. The predicted molar refractivity (Wildman–Crippen MR) is 107 cm³/mol. The second-order valence-electron chi connectivity index (χ2n) is 6.93. The van der Waals surface area contributed by atoms with Crippen LogP contribution >= 0.6 is 0 Å². The van der Waals surface area contributed by atoms with Crippen LogP contribution in [0.25, 0.3) is 10.9 Å². The molecular formula is C22H23N3O2. The highest BCUT2D eigenvalue weighted by Crippen LogP contribution is 2.21. The van der Waals surface area contributed by atoms with E-state index < -0.39 is 11.8 Å². The largest absolute Gasteiger partial charge is 0.341 e. The fourth-order valence-electron chi connectivity index (χ4n) is 3.00. The Morgan fingerprint density at radius 1 is 0.963 bits per heavy atom. The van der Waals surface area contributed by atoms with Gasteiger partial charge in [-0.1, -0.05) is 50.2 Å². The molecule has 1 heterocycles. The molecule has 1 atom stereocenters. The molecule has 2 aromatic carbocycles. The number of benzene rings is 2. The van der Waals surface area contributed by atoms with Gasteiger partial charge in [0, 0.05) is 17.3 Å². The van der Waals surface area contributed by atoms with Crippen molar-refractivity contribution in [1.29, 1.82) is 0 Å². The molecule has 1 aromatic heterocycles. The Kier molecular flexibility index (Phi) is 5.81. The average Bonchev–Trinajstić information content (AvgIpc) is 2.67. The summed E-state index contributed by atoms with van der Waals surface area (Å²) in [4.78, 5) is 29.0. The molecule has 0 aliphatic heterocycles. The number of aromatic nitrogens is 1. The van der Waals surface area contributed by atoms with Crippen LogP contribution in [0.1, 0.15) is 31.9 Å². The standard InChI is InChI=1S/C22H23N3O2/c1-15(2)13-20(16-7-4-3-5-8-16)25-22(27)21(26)24-18-10-11-19-17(14-18)9-6-12-23-19/h3-12,14-15,20H,13H2,1-2H3,(H,24,26)(H,25,27). The first kappa shape index (κ1) is 18.6. The molecule has 1 unspecified atom stereocenters. The van der Waals surface area contributed by atoms with Gasteiger partial charge in [0.1, 0.15) is 0 Å². The monoisotopic (exact) mass is 361 g/mol. The summed E-state index contributed by atoms with van der Waals surface area (Å²) in [5.41, 5.74) is 2.39. The van der Waals surface area contributed by atoms with E-state index in [-0.39, 0.29) is 6.04 Å². The zero-order chi connectivity index (χ0) is 19.2. The van der Waals surface area contributed by atoms with Gasteiger partial charge in [0.15, 0.2) is 0 Å². The third-order valence-electron chi connectivity index (χ3n) is 4.28. The number of nitrogens with one attached hydrogen (secondary N) is 2. The smallest absolute Gasteiger partial charge is 0.313 e. The van der Waals surface area contributed by atoms with E-state index in [0.29, 0.717) is 11.6 Å². The molecule has 5 nitrogen and oxygen atoms in total. The van der Waals surface area contributed by atoms with Crippen LogP contribution in [0, 0.1) is 5.92 Å². The van der Waals surface area contributed by atoms with Crippen molar-refractivity contribution < 1.29 is 9.59 Å². The molecule has 2 N–H and O–H groups in total. The van der Waals surface area contributed by atoms with Gasteiger partial charge in [0.25, 0.3) is 0 Å². The van der Waals surface area contributed by atoms with Crippen molar-refractivity contribution in [3.63, 3.8) is 0 Å². The van der Waals surface area contributed by atoms with E-state index in [1.807, 2.05) is 48.5 Å². The molecule has 0 fully saturated rings. The third kappa shape index (κ3) is 4.91. The van der Waals surface area contributed by atoms with Gasteiger partial charge in [-0.25, -0.2) is 0 Å². The molecule has 3 rings (SSSR count). The highest BCUT2D eigenvalue weighted by atomic mass is 16.2. The maximum Gasteiger partial charge on any atom is 0.313 e. The Morgan fingerprint density at radius 3 is 2.48 bits per heavy atom. The maximum atomic E-state index is 12.4. The summed E-state index contributed by atoms with van der Waals surface area (Å²) >= 11 is 0.